The fraction of sp³-hybridized carbons (Fsp3) is 0.333. The molecular formula is C12H10ClN3O3S. The molecule has 1 atom stereocenters. The topological polar surface area (TPSA) is 96.0 Å². The van der Waals surface area contributed by atoms with Gasteiger partial charge in [-0.05, 0) is 24.3 Å². The Bertz CT molecular complexity index is 608. The Balaban J connectivity index is 2.33. The number of nitrogens with zero attached hydrogens (tertiary/aromatic N) is 2. The minimum absolute atomic E-state index is 0.102. The number of benzene rings is 1. The molecule has 20 heavy (non-hydrogen) atoms. The highest BCUT2D eigenvalue weighted by Crippen LogP contribution is 2.31. The number of hydrogen-bond acceptors (Lipinski definition) is 5. The average Bonchev–Trinajstić information content (AvgIpc) is 2.87. The first kappa shape index (κ1) is 14.6. The Morgan fingerprint density at radius 1 is 1.60 bits per heavy atom. The number of halogens is 1. The van der Waals surface area contributed by atoms with Gasteiger partial charge in [0.25, 0.3) is 5.91 Å². The summed E-state index contributed by atoms with van der Waals surface area (Å²) < 4.78 is 0. The third-order valence-electron chi connectivity index (χ3n) is 3.00. The monoisotopic (exact) mass is 311 g/mol. The number of para-hydroxylation sites is 1. The van der Waals surface area contributed by atoms with Gasteiger partial charge in [-0.25, -0.2) is 0 Å². The molecule has 1 aliphatic heterocycles. The van der Waals surface area contributed by atoms with E-state index in [1.807, 2.05) is 0 Å². The summed E-state index contributed by atoms with van der Waals surface area (Å²) >= 11 is 7.32. The summed E-state index contributed by atoms with van der Waals surface area (Å²) in [6, 6.07) is 6.23. The SMILES string of the molecule is N#CC1(NC(=O)c2cccc(Cl)c2[N+](=O)[O-])CCSC1. The second kappa shape index (κ2) is 5.69. The van der Waals surface area contributed by atoms with Crippen molar-refractivity contribution in [2.45, 2.75) is 12.0 Å². The molecule has 104 valence electrons. The molecule has 6 nitrogen and oxygen atoms in total. The maximum absolute atomic E-state index is 12.2. The molecule has 1 heterocycles. The minimum Gasteiger partial charge on any atom is -0.333 e. The number of nitro groups is 1. The van der Waals surface area contributed by atoms with Gasteiger partial charge in [0, 0.05) is 5.75 Å². The van der Waals surface area contributed by atoms with Crippen LogP contribution in [0.5, 0.6) is 0 Å². The van der Waals surface area contributed by atoms with E-state index in [9.17, 15) is 20.2 Å². The summed E-state index contributed by atoms with van der Waals surface area (Å²) in [5, 5.41) is 22.7. The van der Waals surface area contributed by atoms with E-state index in [1.54, 1.807) is 11.8 Å². The van der Waals surface area contributed by atoms with E-state index < -0.39 is 22.1 Å². The maximum Gasteiger partial charge on any atom is 0.300 e. The highest BCUT2D eigenvalue weighted by atomic mass is 35.5. The second-order valence-electron chi connectivity index (χ2n) is 4.34. The molecule has 0 spiro atoms. The Kier molecular flexibility index (Phi) is 4.16. The van der Waals surface area contributed by atoms with Gasteiger partial charge in [0.05, 0.1) is 11.0 Å². The number of carbonyl (C=O) groups is 1. The molecule has 0 radical (unpaired) electrons. The largest absolute Gasteiger partial charge is 0.333 e. The predicted molar refractivity (Wildman–Crippen MR) is 75.9 cm³/mol. The van der Waals surface area contributed by atoms with Gasteiger partial charge in [0.1, 0.15) is 16.1 Å². The van der Waals surface area contributed by atoms with Crippen molar-refractivity contribution in [3.05, 3.63) is 38.9 Å². The maximum atomic E-state index is 12.2. The van der Waals surface area contributed by atoms with E-state index in [0.29, 0.717) is 12.2 Å². The first-order valence-electron chi connectivity index (χ1n) is 5.73. The van der Waals surface area contributed by atoms with Crippen molar-refractivity contribution < 1.29 is 9.72 Å². The van der Waals surface area contributed by atoms with Crippen LogP contribution in [0.2, 0.25) is 5.02 Å². The van der Waals surface area contributed by atoms with E-state index in [4.69, 9.17) is 11.6 Å². The van der Waals surface area contributed by atoms with Crippen LogP contribution < -0.4 is 5.32 Å². The lowest BCUT2D eigenvalue weighted by Crippen LogP contribution is -2.47. The number of carbonyl (C=O) groups excluding carboxylic acids is 1. The third kappa shape index (κ3) is 2.71. The van der Waals surface area contributed by atoms with Crippen molar-refractivity contribution in [3.8, 4) is 6.07 Å². The van der Waals surface area contributed by atoms with Gasteiger partial charge in [-0.3, -0.25) is 14.9 Å². The first-order chi connectivity index (χ1) is 9.49. The van der Waals surface area contributed by atoms with Crippen LogP contribution in [0.1, 0.15) is 16.8 Å². The van der Waals surface area contributed by atoms with Gasteiger partial charge in [-0.2, -0.15) is 17.0 Å². The highest BCUT2D eigenvalue weighted by Gasteiger charge is 2.37. The molecule has 1 amide bonds. The highest BCUT2D eigenvalue weighted by molar-refractivity contribution is 7.99. The third-order valence-corrected chi connectivity index (χ3v) is 4.50. The molecule has 1 saturated heterocycles. The van der Waals surface area contributed by atoms with Crippen LogP contribution in [0.3, 0.4) is 0 Å². The van der Waals surface area contributed by atoms with E-state index in [2.05, 4.69) is 11.4 Å². The van der Waals surface area contributed by atoms with Crippen LogP contribution in [0.25, 0.3) is 0 Å². The van der Waals surface area contributed by atoms with Gasteiger partial charge < -0.3 is 5.32 Å². The van der Waals surface area contributed by atoms with Gasteiger partial charge >= 0.3 is 5.69 Å². The van der Waals surface area contributed by atoms with Crippen molar-refractivity contribution in [1.82, 2.24) is 5.32 Å². The van der Waals surface area contributed by atoms with E-state index in [1.165, 1.54) is 18.2 Å². The number of nitro benzene ring substituents is 1. The molecule has 1 aromatic carbocycles. The Labute approximate surface area is 124 Å². The van der Waals surface area contributed by atoms with E-state index >= 15 is 0 Å². The summed E-state index contributed by atoms with van der Waals surface area (Å²) in [7, 11) is 0. The minimum atomic E-state index is -0.960. The zero-order valence-corrected chi connectivity index (χ0v) is 11.8. The summed E-state index contributed by atoms with van der Waals surface area (Å²) in [4.78, 5) is 22.5. The molecule has 8 heteroatoms. The van der Waals surface area contributed by atoms with Crippen molar-refractivity contribution in [2.24, 2.45) is 0 Å². The zero-order valence-electron chi connectivity index (χ0n) is 10.3. The smallest absolute Gasteiger partial charge is 0.300 e. The lowest BCUT2D eigenvalue weighted by atomic mass is 10.00. The second-order valence-corrected chi connectivity index (χ2v) is 5.86. The van der Waals surface area contributed by atoms with Crippen molar-refractivity contribution in [1.29, 1.82) is 5.26 Å². The van der Waals surface area contributed by atoms with Crippen LogP contribution in [0, 0.1) is 21.4 Å². The van der Waals surface area contributed by atoms with Crippen molar-refractivity contribution >= 4 is 35.0 Å². The molecule has 1 aromatic rings. The van der Waals surface area contributed by atoms with Crippen molar-refractivity contribution in [3.63, 3.8) is 0 Å². The van der Waals surface area contributed by atoms with Crippen LogP contribution in [0.4, 0.5) is 5.69 Å². The average molecular weight is 312 g/mol. The van der Waals surface area contributed by atoms with Crippen LogP contribution in [0.15, 0.2) is 18.2 Å². The molecule has 0 aliphatic carbocycles. The van der Waals surface area contributed by atoms with Crippen molar-refractivity contribution in [2.75, 3.05) is 11.5 Å². The fourth-order valence-corrected chi connectivity index (χ4v) is 3.46. The number of hydrogen-bond donors (Lipinski definition) is 1. The van der Waals surface area contributed by atoms with E-state index in [-0.39, 0.29) is 10.6 Å². The lowest BCUT2D eigenvalue weighted by Gasteiger charge is -2.21. The number of amides is 1. The van der Waals surface area contributed by atoms with Gasteiger partial charge in [0.15, 0.2) is 0 Å². The zero-order chi connectivity index (χ0) is 14.8. The number of rotatable bonds is 3. The van der Waals surface area contributed by atoms with Gasteiger partial charge in [-0.1, -0.05) is 17.7 Å². The summed E-state index contributed by atoms with van der Waals surface area (Å²) in [6.45, 7) is 0. The predicted octanol–water partition coefficient (Wildman–Crippen LogP) is 2.38. The quantitative estimate of drug-likeness (QED) is 0.683. The van der Waals surface area contributed by atoms with Crippen LogP contribution >= 0.6 is 23.4 Å². The standard InChI is InChI=1S/C12H10ClN3O3S/c13-9-3-1-2-8(10(9)16(18)19)11(17)15-12(6-14)4-5-20-7-12/h1-3H,4-5,7H2,(H,15,17). The van der Waals surface area contributed by atoms with Gasteiger partial charge in [-0.15, -0.1) is 0 Å². The normalized spacial score (nSPS) is 21.2. The Hall–Kier alpha value is -1.78. The number of nitriles is 1. The van der Waals surface area contributed by atoms with Crippen LogP contribution in [-0.4, -0.2) is 27.9 Å². The molecule has 0 bridgehead atoms. The molecular weight excluding hydrogens is 302 g/mol. The summed E-state index contributed by atoms with van der Waals surface area (Å²) in [5.74, 6) is 0.595. The van der Waals surface area contributed by atoms with Crippen LogP contribution in [-0.2, 0) is 0 Å². The Morgan fingerprint density at radius 2 is 2.35 bits per heavy atom. The Morgan fingerprint density at radius 3 is 2.90 bits per heavy atom. The molecule has 0 saturated carbocycles. The first-order valence-corrected chi connectivity index (χ1v) is 7.27. The molecule has 1 aliphatic rings. The molecule has 1 N–H and O–H groups in total. The molecule has 2 rings (SSSR count). The fourth-order valence-electron chi connectivity index (χ4n) is 1.95. The molecule has 1 fully saturated rings. The lowest BCUT2D eigenvalue weighted by molar-refractivity contribution is -0.385. The summed E-state index contributed by atoms with van der Waals surface area (Å²) in [6.07, 6.45) is 0.522. The molecule has 1 unspecified atom stereocenters. The summed E-state index contributed by atoms with van der Waals surface area (Å²) in [5.41, 5.74) is -1.53. The number of nitrogens with one attached hydrogen (secondary N) is 1. The number of thioether (sulfide) groups is 1. The molecule has 0 aromatic heterocycles. The van der Waals surface area contributed by atoms with E-state index in [0.717, 1.165) is 5.75 Å². The van der Waals surface area contributed by atoms with Gasteiger partial charge in [0.2, 0.25) is 0 Å².